The number of piperidine rings is 2. The van der Waals surface area contributed by atoms with E-state index in [1.54, 1.807) is 0 Å². The van der Waals surface area contributed by atoms with Crippen molar-refractivity contribution in [1.82, 2.24) is 9.80 Å². The van der Waals surface area contributed by atoms with E-state index in [-0.39, 0.29) is 0 Å². The molecule has 2 aliphatic rings. The highest BCUT2D eigenvalue weighted by Gasteiger charge is 2.18. The average molecular weight is 224 g/mol. The van der Waals surface area contributed by atoms with E-state index in [1.807, 2.05) is 0 Å². The van der Waals surface area contributed by atoms with Crippen LogP contribution in [-0.2, 0) is 0 Å². The van der Waals surface area contributed by atoms with Crippen molar-refractivity contribution in [2.24, 2.45) is 11.8 Å². The van der Waals surface area contributed by atoms with Crippen LogP contribution in [0.5, 0.6) is 0 Å². The van der Waals surface area contributed by atoms with Gasteiger partial charge < -0.3 is 9.80 Å². The third-order valence-corrected chi connectivity index (χ3v) is 4.48. The second-order valence-electron chi connectivity index (χ2n) is 6.05. The van der Waals surface area contributed by atoms with E-state index in [9.17, 15) is 0 Å². The fourth-order valence-electron chi connectivity index (χ4n) is 2.85. The van der Waals surface area contributed by atoms with Gasteiger partial charge in [0, 0.05) is 13.1 Å². The van der Waals surface area contributed by atoms with Crippen LogP contribution in [0.2, 0.25) is 0 Å². The molecule has 2 heterocycles. The minimum Gasteiger partial charge on any atom is -0.302 e. The Balaban J connectivity index is 1.60. The van der Waals surface area contributed by atoms with E-state index in [2.05, 4.69) is 23.6 Å². The molecule has 2 heteroatoms. The van der Waals surface area contributed by atoms with Crippen LogP contribution in [0.25, 0.3) is 0 Å². The van der Waals surface area contributed by atoms with Crippen molar-refractivity contribution in [3.63, 3.8) is 0 Å². The molecule has 0 saturated carbocycles. The summed E-state index contributed by atoms with van der Waals surface area (Å²) in [6.07, 6.45) is 5.65. The molecule has 2 rings (SSSR count). The maximum absolute atomic E-state index is 2.66. The normalized spacial score (nSPS) is 27.4. The molecule has 0 bridgehead atoms. The number of hydrogen-bond acceptors (Lipinski definition) is 2. The van der Waals surface area contributed by atoms with E-state index in [1.165, 1.54) is 65.0 Å². The Bertz CT molecular complexity index is 167. The monoisotopic (exact) mass is 224 g/mol. The summed E-state index contributed by atoms with van der Waals surface area (Å²) >= 11 is 0. The third-order valence-electron chi connectivity index (χ3n) is 4.48. The molecule has 0 amide bonds. The first-order chi connectivity index (χ1) is 7.74. The van der Waals surface area contributed by atoms with E-state index < -0.39 is 0 Å². The molecular formula is C14H28N2. The predicted octanol–water partition coefficient (Wildman–Crippen LogP) is 2.45. The molecule has 2 saturated heterocycles. The second-order valence-corrected chi connectivity index (χ2v) is 6.05. The van der Waals surface area contributed by atoms with Gasteiger partial charge in [-0.05, 0) is 63.7 Å². The zero-order valence-corrected chi connectivity index (χ0v) is 11.1. The second kappa shape index (κ2) is 6.02. The molecule has 0 aliphatic carbocycles. The molecule has 0 aromatic rings. The zero-order chi connectivity index (χ0) is 11.4. The van der Waals surface area contributed by atoms with Crippen LogP contribution < -0.4 is 0 Å². The number of likely N-dealkylation sites (tertiary alicyclic amines) is 2. The summed E-state index contributed by atoms with van der Waals surface area (Å²) in [5, 5.41) is 0. The van der Waals surface area contributed by atoms with Gasteiger partial charge in [-0.1, -0.05) is 13.8 Å². The van der Waals surface area contributed by atoms with Gasteiger partial charge in [0.25, 0.3) is 0 Å². The molecule has 94 valence electrons. The standard InChI is InChI=1S/C14H28N2/c1-13-3-7-15(8-4-13)11-12-16-9-5-14(2)6-10-16/h13-14H,3-12H2,1-2H3. The van der Waals surface area contributed by atoms with Crippen molar-refractivity contribution in [2.75, 3.05) is 39.3 Å². The van der Waals surface area contributed by atoms with E-state index in [0.29, 0.717) is 0 Å². The molecule has 0 unspecified atom stereocenters. The zero-order valence-electron chi connectivity index (χ0n) is 11.1. The Morgan fingerprint density at radius 2 is 1.00 bits per heavy atom. The van der Waals surface area contributed by atoms with Crippen LogP contribution in [0.1, 0.15) is 39.5 Å². The Kier molecular flexibility index (Phi) is 4.66. The maximum atomic E-state index is 2.66. The average Bonchev–Trinajstić information content (AvgIpc) is 2.30. The van der Waals surface area contributed by atoms with Gasteiger partial charge >= 0.3 is 0 Å². The van der Waals surface area contributed by atoms with Crippen molar-refractivity contribution in [1.29, 1.82) is 0 Å². The lowest BCUT2D eigenvalue weighted by Gasteiger charge is -2.34. The quantitative estimate of drug-likeness (QED) is 0.726. The molecule has 0 N–H and O–H groups in total. The van der Waals surface area contributed by atoms with E-state index in [0.717, 1.165) is 11.8 Å². The highest BCUT2D eigenvalue weighted by atomic mass is 15.2. The fraction of sp³-hybridized carbons (Fsp3) is 1.00. The SMILES string of the molecule is CC1CCN(CCN2CCC(C)CC2)CC1. The third kappa shape index (κ3) is 3.74. The lowest BCUT2D eigenvalue weighted by molar-refractivity contribution is 0.138. The largest absolute Gasteiger partial charge is 0.302 e. The van der Waals surface area contributed by atoms with Crippen LogP contribution in [0.4, 0.5) is 0 Å². The lowest BCUT2D eigenvalue weighted by atomic mass is 9.98. The summed E-state index contributed by atoms with van der Waals surface area (Å²) in [6, 6.07) is 0. The number of hydrogen-bond donors (Lipinski definition) is 0. The lowest BCUT2D eigenvalue weighted by Crippen LogP contribution is -2.41. The van der Waals surface area contributed by atoms with Crippen molar-refractivity contribution in [3.8, 4) is 0 Å². The summed E-state index contributed by atoms with van der Waals surface area (Å²) in [6.45, 7) is 12.8. The smallest absolute Gasteiger partial charge is 0.0109 e. The van der Waals surface area contributed by atoms with Gasteiger partial charge in [-0.15, -0.1) is 0 Å². The summed E-state index contributed by atoms with van der Waals surface area (Å²) in [5.41, 5.74) is 0. The molecule has 0 atom stereocenters. The minimum absolute atomic E-state index is 0.965. The van der Waals surface area contributed by atoms with Crippen LogP contribution in [0, 0.1) is 11.8 Å². The Hall–Kier alpha value is -0.0800. The molecule has 0 aromatic carbocycles. The molecule has 2 aliphatic heterocycles. The van der Waals surface area contributed by atoms with Gasteiger partial charge in [0.2, 0.25) is 0 Å². The minimum atomic E-state index is 0.965. The van der Waals surface area contributed by atoms with Crippen molar-refractivity contribution in [2.45, 2.75) is 39.5 Å². The van der Waals surface area contributed by atoms with Crippen LogP contribution in [-0.4, -0.2) is 49.1 Å². The van der Waals surface area contributed by atoms with Crippen LogP contribution in [0.15, 0.2) is 0 Å². The van der Waals surface area contributed by atoms with E-state index >= 15 is 0 Å². The highest BCUT2D eigenvalue weighted by molar-refractivity contribution is 4.73. The summed E-state index contributed by atoms with van der Waals surface area (Å²) < 4.78 is 0. The molecule has 2 nitrogen and oxygen atoms in total. The summed E-state index contributed by atoms with van der Waals surface area (Å²) in [4.78, 5) is 5.33. The van der Waals surface area contributed by atoms with Gasteiger partial charge in [0.1, 0.15) is 0 Å². The maximum Gasteiger partial charge on any atom is 0.0109 e. The topological polar surface area (TPSA) is 6.48 Å². The van der Waals surface area contributed by atoms with E-state index in [4.69, 9.17) is 0 Å². The number of nitrogens with zero attached hydrogens (tertiary/aromatic N) is 2. The first-order valence-corrected chi connectivity index (χ1v) is 7.19. The molecule has 16 heavy (non-hydrogen) atoms. The molecule has 0 spiro atoms. The first-order valence-electron chi connectivity index (χ1n) is 7.19. The predicted molar refractivity (Wildman–Crippen MR) is 69.7 cm³/mol. The van der Waals surface area contributed by atoms with Gasteiger partial charge in [0.15, 0.2) is 0 Å². The van der Waals surface area contributed by atoms with Gasteiger partial charge in [-0.3, -0.25) is 0 Å². The van der Waals surface area contributed by atoms with Crippen molar-refractivity contribution < 1.29 is 0 Å². The Labute approximate surface area is 101 Å². The Morgan fingerprint density at radius 3 is 1.31 bits per heavy atom. The molecular weight excluding hydrogens is 196 g/mol. The van der Waals surface area contributed by atoms with Crippen LogP contribution >= 0.6 is 0 Å². The van der Waals surface area contributed by atoms with Gasteiger partial charge in [-0.2, -0.15) is 0 Å². The molecule has 2 fully saturated rings. The molecule has 0 radical (unpaired) electrons. The van der Waals surface area contributed by atoms with Crippen molar-refractivity contribution >= 4 is 0 Å². The molecule has 0 aromatic heterocycles. The Morgan fingerprint density at radius 1 is 0.688 bits per heavy atom. The van der Waals surface area contributed by atoms with Gasteiger partial charge in [-0.25, -0.2) is 0 Å². The van der Waals surface area contributed by atoms with Crippen molar-refractivity contribution in [3.05, 3.63) is 0 Å². The fourth-order valence-corrected chi connectivity index (χ4v) is 2.85. The number of rotatable bonds is 3. The summed E-state index contributed by atoms with van der Waals surface area (Å²) in [7, 11) is 0. The highest BCUT2D eigenvalue weighted by Crippen LogP contribution is 2.17. The first kappa shape index (κ1) is 12.4. The van der Waals surface area contributed by atoms with Gasteiger partial charge in [0.05, 0.1) is 0 Å². The summed E-state index contributed by atoms with van der Waals surface area (Å²) in [5.74, 6) is 1.93. The van der Waals surface area contributed by atoms with Crippen LogP contribution in [0.3, 0.4) is 0 Å².